The predicted octanol–water partition coefficient (Wildman–Crippen LogP) is 12.4. The molecule has 0 bridgehead atoms. The second-order valence-corrected chi connectivity index (χ2v) is 13.3. The molecule has 2 N–H and O–H groups in total. The molecule has 1 aliphatic carbocycles. The third-order valence-corrected chi connectivity index (χ3v) is 10.1. The van der Waals surface area contributed by atoms with Gasteiger partial charge in [0.25, 0.3) is 0 Å². The summed E-state index contributed by atoms with van der Waals surface area (Å²) in [6.07, 6.45) is 7.87. The van der Waals surface area contributed by atoms with Crippen LogP contribution in [0, 0.1) is 0 Å². The van der Waals surface area contributed by atoms with Gasteiger partial charge >= 0.3 is 0 Å². The summed E-state index contributed by atoms with van der Waals surface area (Å²) in [6.45, 7) is 0. The molecule has 0 radical (unpaired) electrons. The Bertz CT molecular complexity index is 2310. The number of hydrogen-bond acceptors (Lipinski definition) is 1. The fourth-order valence-electron chi connectivity index (χ4n) is 7.59. The van der Waals surface area contributed by atoms with E-state index in [2.05, 4.69) is 176 Å². The monoisotopic (exact) mass is 643 g/mol. The first-order valence-electron chi connectivity index (χ1n) is 17.8. The maximum Gasteiger partial charge on any atom is 0.0350 e. The predicted molar refractivity (Wildman–Crippen MR) is 213 cm³/mol. The highest BCUT2D eigenvalue weighted by atomic mass is 14.6. The van der Waals surface area contributed by atoms with E-state index in [4.69, 9.17) is 5.73 Å². The number of fused-ring (bicyclic) bond motifs is 1. The smallest absolute Gasteiger partial charge is 0.0350 e. The Labute approximate surface area is 296 Å². The van der Waals surface area contributed by atoms with Crippen LogP contribution in [0.2, 0.25) is 0 Å². The average molecular weight is 644 g/mol. The summed E-state index contributed by atoms with van der Waals surface area (Å²) in [5.74, 6) is 0. The summed E-state index contributed by atoms with van der Waals surface area (Å²) in [7, 11) is 0. The Morgan fingerprint density at radius 1 is 0.420 bits per heavy atom. The van der Waals surface area contributed by atoms with Gasteiger partial charge < -0.3 is 5.73 Å². The number of rotatable bonds is 8. The summed E-state index contributed by atoms with van der Waals surface area (Å²) in [5, 5.41) is 0. The zero-order valence-electron chi connectivity index (χ0n) is 28.4. The van der Waals surface area contributed by atoms with Crippen LogP contribution in [0.3, 0.4) is 0 Å². The van der Waals surface area contributed by atoms with Crippen LogP contribution >= 0.6 is 0 Å². The van der Waals surface area contributed by atoms with E-state index in [0.29, 0.717) is 0 Å². The summed E-state index contributed by atoms with van der Waals surface area (Å²) in [4.78, 5) is 0. The van der Waals surface area contributed by atoms with Crippen molar-refractivity contribution in [2.45, 2.75) is 32.1 Å². The van der Waals surface area contributed by atoms with E-state index in [9.17, 15) is 0 Å². The van der Waals surface area contributed by atoms with Gasteiger partial charge in [0.05, 0.1) is 0 Å². The topological polar surface area (TPSA) is 26.0 Å². The van der Waals surface area contributed by atoms with Crippen molar-refractivity contribution in [1.29, 1.82) is 0 Å². The molecule has 1 aliphatic rings. The van der Waals surface area contributed by atoms with Gasteiger partial charge in [-0.05, 0) is 116 Å². The molecule has 242 valence electrons. The largest absolute Gasteiger partial charge is 0.398 e. The second-order valence-electron chi connectivity index (χ2n) is 13.3. The third-order valence-electron chi connectivity index (χ3n) is 10.1. The van der Waals surface area contributed by atoms with Crippen molar-refractivity contribution >= 4 is 5.70 Å². The van der Waals surface area contributed by atoms with Crippen LogP contribution < -0.4 is 5.73 Å². The standard InChI is InChI=1S/C49H41N/c50-49(40-31-30-36-16-4-5-19-38(36)34-40)32-29-35-15-14-20-39(33-35)42-22-7-9-24-44(42)46-26-11-13-28-48(46)47-27-12-10-25-45(47)43-23-8-6-21-41(43)37-17-2-1-3-18-37/h1-3,6-15,17-18,20-28,30-34H,4-5,16,19,29,50H2/b49-32-. The van der Waals surface area contributed by atoms with E-state index < -0.39 is 0 Å². The van der Waals surface area contributed by atoms with E-state index in [-0.39, 0.29) is 0 Å². The number of benzene rings is 7. The molecule has 0 spiro atoms. The highest BCUT2D eigenvalue weighted by Gasteiger charge is 2.17. The second kappa shape index (κ2) is 14.3. The molecule has 0 unspecified atom stereocenters. The highest BCUT2D eigenvalue weighted by molar-refractivity contribution is 5.98. The Morgan fingerprint density at radius 2 is 0.880 bits per heavy atom. The zero-order valence-corrected chi connectivity index (χ0v) is 28.4. The molecule has 7 aromatic rings. The molecule has 50 heavy (non-hydrogen) atoms. The molecule has 0 saturated heterocycles. The summed E-state index contributed by atoms with van der Waals surface area (Å²) in [6, 6.07) is 61.6. The number of hydrogen-bond donors (Lipinski definition) is 1. The molecule has 1 heteroatoms. The maximum atomic E-state index is 6.65. The lowest BCUT2D eigenvalue weighted by molar-refractivity contribution is 0.685. The summed E-state index contributed by atoms with van der Waals surface area (Å²) in [5.41, 5.74) is 25.0. The van der Waals surface area contributed by atoms with E-state index in [1.807, 2.05) is 0 Å². The molecular formula is C49H41N. The summed E-state index contributed by atoms with van der Waals surface area (Å²) >= 11 is 0. The fourth-order valence-corrected chi connectivity index (χ4v) is 7.59. The van der Waals surface area contributed by atoms with Crippen molar-refractivity contribution in [2.75, 3.05) is 0 Å². The van der Waals surface area contributed by atoms with Crippen molar-refractivity contribution in [3.05, 3.63) is 198 Å². The van der Waals surface area contributed by atoms with E-state index >= 15 is 0 Å². The molecular weight excluding hydrogens is 603 g/mol. The molecule has 0 fully saturated rings. The molecule has 1 nitrogen and oxygen atoms in total. The molecule has 0 saturated carbocycles. The average Bonchev–Trinajstić information content (AvgIpc) is 3.20. The van der Waals surface area contributed by atoms with Gasteiger partial charge in [-0.1, -0.05) is 170 Å². The van der Waals surface area contributed by atoms with Crippen molar-refractivity contribution in [3.63, 3.8) is 0 Å². The Kier molecular flexibility index (Phi) is 8.96. The van der Waals surface area contributed by atoms with E-state index in [1.165, 1.54) is 91.6 Å². The van der Waals surface area contributed by atoms with Crippen LogP contribution in [-0.4, -0.2) is 0 Å². The quantitative estimate of drug-likeness (QED) is 0.175. The molecule has 0 atom stereocenters. The van der Waals surface area contributed by atoms with Crippen molar-refractivity contribution in [3.8, 4) is 55.6 Å². The van der Waals surface area contributed by atoms with Gasteiger partial charge in [-0.25, -0.2) is 0 Å². The Morgan fingerprint density at radius 3 is 1.46 bits per heavy atom. The minimum Gasteiger partial charge on any atom is -0.398 e. The number of allylic oxidation sites excluding steroid dienone is 1. The molecule has 0 aliphatic heterocycles. The van der Waals surface area contributed by atoms with Crippen LogP contribution in [0.25, 0.3) is 61.3 Å². The summed E-state index contributed by atoms with van der Waals surface area (Å²) < 4.78 is 0. The Balaban J connectivity index is 1.15. The fraction of sp³-hybridized carbons (Fsp3) is 0.102. The number of aryl methyl sites for hydroxylation is 2. The van der Waals surface area contributed by atoms with Crippen LogP contribution in [-0.2, 0) is 19.3 Å². The van der Waals surface area contributed by atoms with Crippen molar-refractivity contribution in [1.82, 2.24) is 0 Å². The third kappa shape index (κ3) is 6.43. The lowest BCUT2D eigenvalue weighted by Gasteiger charge is -2.19. The molecule has 0 amide bonds. The van der Waals surface area contributed by atoms with E-state index in [1.54, 1.807) is 0 Å². The normalized spacial score (nSPS) is 12.8. The first-order valence-corrected chi connectivity index (χ1v) is 17.8. The van der Waals surface area contributed by atoms with Gasteiger partial charge in [0.1, 0.15) is 0 Å². The molecule has 7 aromatic carbocycles. The van der Waals surface area contributed by atoms with Crippen LogP contribution in [0.15, 0.2) is 176 Å². The van der Waals surface area contributed by atoms with Gasteiger partial charge in [0.15, 0.2) is 0 Å². The van der Waals surface area contributed by atoms with Crippen molar-refractivity contribution in [2.24, 2.45) is 5.73 Å². The van der Waals surface area contributed by atoms with Gasteiger partial charge in [-0.3, -0.25) is 0 Å². The first kappa shape index (κ1) is 31.4. The molecule has 8 rings (SSSR count). The van der Waals surface area contributed by atoms with Gasteiger partial charge in [0.2, 0.25) is 0 Å². The van der Waals surface area contributed by atoms with Crippen LogP contribution in [0.4, 0.5) is 0 Å². The maximum absolute atomic E-state index is 6.65. The lowest BCUT2D eigenvalue weighted by atomic mass is 9.85. The molecule has 0 heterocycles. The van der Waals surface area contributed by atoms with Crippen LogP contribution in [0.1, 0.15) is 35.1 Å². The Hall–Kier alpha value is -5.92. The van der Waals surface area contributed by atoms with E-state index in [0.717, 1.165) is 24.1 Å². The first-order chi connectivity index (χ1) is 24.7. The van der Waals surface area contributed by atoms with Gasteiger partial charge in [0, 0.05) is 5.70 Å². The minimum absolute atomic E-state index is 0.781. The zero-order chi connectivity index (χ0) is 33.7. The highest BCUT2D eigenvalue weighted by Crippen LogP contribution is 2.43. The van der Waals surface area contributed by atoms with Gasteiger partial charge in [-0.2, -0.15) is 0 Å². The van der Waals surface area contributed by atoms with Crippen molar-refractivity contribution < 1.29 is 0 Å². The lowest BCUT2D eigenvalue weighted by Crippen LogP contribution is -2.05. The number of nitrogens with two attached hydrogens (primary N) is 1. The minimum atomic E-state index is 0.781. The SMILES string of the molecule is N/C(=C\Cc1cccc(-c2ccccc2-c2ccccc2-c2ccccc2-c2ccccc2-c2ccccc2)c1)c1ccc2c(c1)CCCC2. The molecule has 0 aromatic heterocycles. The van der Waals surface area contributed by atoms with Crippen LogP contribution in [0.5, 0.6) is 0 Å². The van der Waals surface area contributed by atoms with Gasteiger partial charge in [-0.15, -0.1) is 0 Å².